The lowest BCUT2D eigenvalue weighted by atomic mass is 9.46. The van der Waals surface area contributed by atoms with Gasteiger partial charge in [-0.15, -0.1) is 0 Å². The standard InChI is InChI=1S/C15H24O/c1-13(2)9-7-11-15(14(13,3)4)10-6-5-8-12(15)16/h7,9H,5-6,8,10-11H2,1-4H3. The molecule has 1 fully saturated rings. The topological polar surface area (TPSA) is 17.1 Å². The molecule has 2 aliphatic rings. The SMILES string of the molecule is CC1(C)C=CCC2(CCCCC2=O)C1(C)C. The average Bonchev–Trinajstić information content (AvgIpc) is 2.18. The summed E-state index contributed by atoms with van der Waals surface area (Å²) < 4.78 is 0. The van der Waals surface area contributed by atoms with Gasteiger partial charge in [-0.1, -0.05) is 46.3 Å². The number of Topliss-reactive ketones (excluding diaryl/α,β-unsaturated/α-hetero) is 1. The van der Waals surface area contributed by atoms with Crippen molar-refractivity contribution in [3.05, 3.63) is 12.2 Å². The molecule has 0 bridgehead atoms. The summed E-state index contributed by atoms with van der Waals surface area (Å²) in [6.45, 7) is 9.12. The number of rotatable bonds is 0. The summed E-state index contributed by atoms with van der Waals surface area (Å²) in [5.74, 6) is 0.515. The monoisotopic (exact) mass is 220 g/mol. The van der Waals surface area contributed by atoms with E-state index in [1.165, 1.54) is 6.42 Å². The fraction of sp³-hybridized carbons (Fsp3) is 0.800. The maximum absolute atomic E-state index is 12.4. The van der Waals surface area contributed by atoms with E-state index >= 15 is 0 Å². The van der Waals surface area contributed by atoms with Crippen LogP contribution in [0, 0.1) is 16.2 Å². The van der Waals surface area contributed by atoms with Crippen molar-refractivity contribution in [2.24, 2.45) is 16.2 Å². The highest BCUT2D eigenvalue weighted by molar-refractivity contribution is 5.87. The summed E-state index contributed by atoms with van der Waals surface area (Å²) in [5, 5.41) is 0. The first kappa shape index (κ1) is 11.9. The Morgan fingerprint density at radius 2 is 1.81 bits per heavy atom. The Kier molecular flexibility index (Phi) is 2.56. The van der Waals surface area contributed by atoms with Gasteiger partial charge >= 0.3 is 0 Å². The number of hydrogen-bond donors (Lipinski definition) is 0. The molecule has 0 aromatic heterocycles. The van der Waals surface area contributed by atoms with Crippen molar-refractivity contribution in [2.75, 3.05) is 0 Å². The minimum atomic E-state index is -0.0799. The van der Waals surface area contributed by atoms with Crippen molar-refractivity contribution >= 4 is 5.78 Å². The molecule has 0 aromatic carbocycles. The second-order valence-corrected chi connectivity index (χ2v) is 6.67. The van der Waals surface area contributed by atoms with E-state index in [0.717, 1.165) is 25.7 Å². The van der Waals surface area contributed by atoms with Crippen LogP contribution in [0.15, 0.2) is 12.2 Å². The maximum atomic E-state index is 12.4. The fourth-order valence-corrected chi connectivity index (χ4v) is 3.60. The van der Waals surface area contributed by atoms with Gasteiger partial charge in [0.2, 0.25) is 0 Å². The Labute approximate surface area is 99.3 Å². The molecule has 0 saturated heterocycles. The first-order chi connectivity index (χ1) is 7.33. The summed E-state index contributed by atoms with van der Waals surface area (Å²) >= 11 is 0. The van der Waals surface area contributed by atoms with Gasteiger partial charge in [0.05, 0.1) is 0 Å². The molecule has 0 aromatic rings. The molecule has 90 valence electrons. The summed E-state index contributed by atoms with van der Waals surface area (Å²) in [6, 6.07) is 0. The quantitative estimate of drug-likeness (QED) is 0.561. The number of carbonyl (C=O) groups is 1. The molecule has 2 aliphatic carbocycles. The predicted octanol–water partition coefficient (Wildman–Crippen LogP) is 4.13. The Balaban J connectivity index is 2.48. The van der Waals surface area contributed by atoms with Gasteiger partial charge in [0.1, 0.15) is 5.78 Å². The fourth-order valence-electron chi connectivity index (χ4n) is 3.60. The third-order valence-electron chi connectivity index (χ3n) is 5.60. The molecule has 16 heavy (non-hydrogen) atoms. The van der Waals surface area contributed by atoms with Crippen molar-refractivity contribution in [2.45, 2.75) is 59.8 Å². The van der Waals surface area contributed by atoms with Gasteiger partial charge in [-0.3, -0.25) is 4.79 Å². The largest absolute Gasteiger partial charge is 0.299 e. The number of ketones is 1. The Bertz CT molecular complexity index is 335. The van der Waals surface area contributed by atoms with Gasteiger partial charge in [-0.2, -0.15) is 0 Å². The van der Waals surface area contributed by atoms with Crippen molar-refractivity contribution in [3.63, 3.8) is 0 Å². The van der Waals surface area contributed by atoms with Crippen LogP contribution in [-0.2, 0) is 4.79 Å². The number of carbonyl (C=O) groups excluding carboxylic acids is 1. The van der Waals surface area contributed by atoms with E-state index in [1.54, 1.807) is 0 Å². The van der Waals surface area contributed by atoms with Crippen molar-refractivity contribution in [1.82, 2.24) is 0 Å². The van der Waals surface area contributed by atoms with E-state index in [-0.39, 0.29) is 16.2 Å². The summed E-state index contributed by atoms with van der Waals surface area (Å²) in [5.41, 5.74) is 0.119. The third-order valence-corrected chi connectivity index (χ3v) is 5.60. The predicted molar refractivity (Wildman–Crippen MR) is 67.2 cm³/mol. The van der Waals surface area contributed by atoms with E-state index in [2.05, 4.69) is 39.8 Å². The summed E-state index contributed by atoms with van der Waals surface area (Å²) in [4.78, 5) is 12.4. The molecule has 0 radical (unpaired) electrons. The molecular weight excluding hydrogens is 196 g/mol. The Hall–Kier alpha value is -0.590. The third kappa shape index (κ3) is 1.33. The molecule has 0 aliphatic heterocycles. The second-order valence-electron chi connectivity index (χ2n) is 6.67. The van der Waals surface area contributed by atoms with Crippen LogP contribution in [0.1, 0.15) is 59.8 Å². The molecule has 2 rings (SSSR count). The second kappa shape index (κ2) is 3.45. The minimum Gasteiger partial charge on any atom is -0.299 e. The zero-order valence-electron chi connectivity index (χ0n) is 11.1. The molecule has 1 heteroatoms. The van der Waals surface area contributed by atoms with E-state index in [4.69, 9.17) is 0 Å². The molecule has 1 spiro atoms. The van der Waals surface area contributed by atoms with Crippen molar-refractivity contribution < 1.29 is 4.79 Å². The minimum absolute atomic E-state index is 0.0756. The highest BCUT2D eigenvalue weighted by Crippen LogP contribution is 2.61. The molecule has 0 heterocycles. The van der Waals surface area contributed by atoms with Crippen LogP contribution >= 0.6 is 0 Å². The summed E-state index contributed by atoms with van der Waals surface area (Å²) in [6.07, 6.45) is 9.72. The van der Waals surface area contributed by atoms with Crippen molar-refractivity contribution in [3.8, 4) is 0 Å². The molecule has 1 atom stereocenters. The first-order valence-corrected chi connectivity index (χ1v) is 6.55. The highest BCUT2D eigenvalue weighted by Gasteiger charge is 2.57. The van der Waals surface area contributed by atoms with Crippen LogP contribution in [0.25, 0.3) is 0 Å². The maximum Gasteiger partial charge on any atom is 0.139 e. The summed E-state index contributed by atoms with van der Waals surface area (Å²) in [7, 11) is 0. The first-order valence-electron chi connectivity index (χ1n) is 6.55. The Morgan fingerprint density at radius 1 is 1.12 bits per heavy atom. The van der Waals surface area contributed by atoms with E-state index in [9.17, 15) is 4.79 Å². The molecule has 0 amide bonds. The number of allylic oxidation sites excluding steroid dienone is 2. The van der Waals surface area contributed by atoms with Crippen LogP contribution < -0.4 is 0 Å². The van der Waals surface area contributed by atoms with Crippen LogP contribution in [-0.4, -0.2) is 5.78 Å². The van der Waals surface area contributed by atoms with Gasteiger partial charge in [-0.05, 0) is 30.1 Å². The van der Waals surface area contributed by atoms with Gasteiger partial charge in [-0.25, -0.2) is 0 Å². The zero-order chi connectivity index (χ0) is 12.0. The highest BCUT2D eigenvalue weighted by atomic mass is 16.1. The molecule has 1 unspecified atom stereocenters. The normalized spacial score (nSPS) is 36.6. The van der Waals surface area contributed by atoms with Crippen LogP contribution in [0.4, 0.5) is 0 Å². The van der Waals surface area contributed by atoms with E-state index in [0.29, 0.717) is 5.78 Å². The Morgan fingerprint density at radius 3 is 2.44 bits per heavy atom. The molecule has 1 nitrogen and oxygen atoms in total. The van der Waals surface area contributed by atoms with Crippen LogP contribution in [0.3, 0.4) is 0 Å². The lowest BCUT2D eigenvalue weighted by Gasteiger charge is -2.57. The van der Waals surface area contributed by atoms with Crippen molar-refractivity contribution in [1.29, 1.82) is 0 Å². The smallest absolute Gasteiger partial charge is 0.139 e. The van der Waals surface area contributed by atoms with Crippen LogP contribution in [0.2, 0.25) is 0 Å². The van der Waals surface area contributed by atoms with E-state index in [1.807, 2.05) is 0 Å². The van der Waals surface area contributed by atoms with E-state index < -0.39 is 0 Å². The van der Waals surface area contributed by atoms with Crippen LogP contribution in [0.5, 0.6) is 0 Å². The molecule has 1 saturated carbocycles. The van der Waals surface area contributed by atoms with Gasteiger partial charge in [0, 0.05) is 11.8 Å². The van der Waals surface area contributed by atoms with Gasteiger partial charge in [0.25, 0.3) is 0 Å². The lowest BCUT2D eigenvalue weighted by Crippen LogP contribution is -2.54. The van der Waals surface area contributed by atoms with Gasteiger partial charge in [0.15, 0.2) is 0 Å². The molecular formula is C15H24O. The zero-order valence-corrected chi connectivity index (χ0v) is 11.1. The lowest BCUT2D eigenvalue weighted by molar-refractivity contribution is -0.146. The molecule has 0 N–H and O–H groups in total. The number of hydrogen-bond acceptors (Lipinski definition) is 1. The average molecular weight is 220 g/mol. The van der Waals surface area contributed by atoms with Gasteiger partial charge < -0.3 is 0 Å².